The summed E-state index contributed by atoms with van der Waals surface area (Å²) in [7, 11) is -4.10. The summed E-state index contributed by atoms with van der Waals surface area (Å²) >= 11 is 12.0. The van der Waals surface area contributed by atoms with Gasteiger partial charge in [-0.1, -0.05) is 37.0 Å². The van der Waals surface area contributed by atoms with Gasteiger partial charge in [0.05, 0.1) is 4.90 Å². The average Bonchev–Trinajstić information content (AvgIpc) is 3.42. The molecular weight excluding hydrogens is 579 g/mol. The molecule has 2 N–H and O–H groups in total. The minimum absolute atomic E-state index is 0.0188. The maximum absolute atomic E-state index is 13.3. The highest BCUT2D eigenvalue weighted by Crippen LogP contribution is 2.30. The zero-order valence-electron chi connectivity index (χ0n) is 23.2. The monoisotopic (exact) mass is 618 g/mol. The molecule has 10 nitrogen and oxygen atoms in total. The Kier molecular flexibility index (Phi) is 12.1. The molecule has 0 unspecified atom stereocenters. The number of nitrogens with zero attached hydrogens (tertiary/aromatic N) is 3. The molecule has 13 heteroatoms. The topological polar surface area (TPSA) is 127 Å². The van der Waals surface area contributed by atoms with Crippen LogP contribution in [0.1, 0.15) is 58.8 Å². The van der Waals surface area contributed by atoms with Gasteiger partial charge >= 0.3 is 5.97 Å². The molecule has 0 saturated carbocycles. The number of hydrogen-bond donors (Lipinski definition) is 2. The predicted molar refractivity (Wildman–Crippen MR) is 154 cm³/mol. The van der Waals surface area contributed by atoms with Gasteiger partial charge in [0.25, 0.3) is 0 Å². The maximum atomic E-state index is 13.3. The molecule has 1 aromatic carbocycles. The van der Waals surface area contributed by atoms with Gasteiger partial charge in [0.1, 0.15) is 12.1 Å². The molecule has 224 valence electrons. The van der Waals surface area contributed by atoms with E-state index in [-0.39, 0.29) is 46.7 Å². The standard InChI is InChI=1S/C27H40Cl2N4O6S/c1-3-31(4-2)13-9-19-10-14-32(15-11-19)25(34)8-7-23(27(36)37)30-26(35)24-6-5-12-33(24)40(38,39)22-17-20(28)16-21(29)18-22/h16-19,23-24H,3-15H2,1-2H3,(H,30,35)(H,36,37)/t23-,24+/m0/s1. The van der Waals surface area contributed by atoms with Crippen LogP contribution in [0.2, 0.25) is 10.0 Å². The molecule has 2 atom stereocenters. The molecule has 2 amide bonds. The van der Waals surface area contributed by atoms with Gasteiger partial charge in [-0.25, -0.2) is 13.2 Å². The van der Waals surface area contributed by atoms with Crippen LogP contribution < -0.4 is 5.32 Å². The first-order valence-corrected chi connectivity index (χ1v) is 16.2. The molecule has 2 saturated heterocycles. The predicted octanol–water partition coefficient (Wildman–Crippen LogP) is 3.47. The second kappa shape index (κ2) is 14.8. The lowest BCUT2D eigenvalue weighted by atomic mass is 9.93. The van der Waals surface area contributed by atoms with Crippen molar-refractivity contribution in [1.29, 1.82) is 0 Å². The quantitative estimate of drug-likeness (QED) is 0.346. The number of rotatable bonds is 13. The molecule has 40 heavy (non-hydrogen) atoms. The van der Waals surface area contributed by atoms with Crippen LogP contribution in [-0.4, -0.2) is 96.8 Å². The molecule has 3 rings (SSSR count). The zero-order valence-corrected chi connectivity index (χ0v) is 25.5. The smallest absolute Gasteiger partial charge is 0.326 e. The number of benzene rings is 1. The zero-order chi connectivity index (χ0) is 29.4. The Morgan fingerprint density at radius 1 is 1.05 bits per heavy atom. The summed E-state index contributed by atoms with van der Waals surface area (Å²) in [5.41, 5.74) is 0. The lowest BCUT2D eigenvalue weighted by Crippen LogP contribution is -2.51. The first kappa shape index (κ1) is 32.6. The second-order valence-corrected chi connectivity index (χ2v) is 13.2. The van der Waals surface area contributed by atoms with Crippen LogP contribution in [0.25, 0.3) is 0 Å². The summed E-state index contributed by atoms with van der Waals surface area (Å²) in [5, 5.41) is 12.5. The van der Waals surface area contributed by atoms with Crippen molar-refractivity contribution in [1.82, 2.24) is 19.4 Å². The van der Waals surface area contributed by atoms with Crippen molar-refractivity contribution in [2.24, 2.45) is 5.92 Å². The van der Waals surface area contributed by atoms with E-state index in [9.17, 15) is 27.9 Å². The Hall–Kier alpha value is -1.92. The van der Waals surface area contributed by atoms with Crippen LogP contribution in [0.4, 0.5) is 0 Å². The van der Waals surface area contributed by atoms with Gasteiger partial charge in [0, 0.05) is 36.1 Å². The largest absolute Gasteiger partial charge is 0.480 e. The second-order valence-electron chi connectivity index (χ2n) is 10.5. The summed E-state index contributed by atoms with van der Waals surface area (Å²) in [6.07, 6.45) is 3.54. The Labute approximate surface area is 247 Å². The molecular formula is C27H40Cl2N4O6S. The van der Waals surface area contributed by atoms with E-state index in [2.05, 4.69) is 24.1 Å². The number of hydrogen-bond acceptors (Lipinski definition) is 6. The average molecular weight is 620 g/mol. The van der Waals surface area contributed by atoms with Crippen LogP contribution in [0, 0.1) is 5.92 Å². The summed E-state index contributed by atoms with van der Waals surface area (Å²) in [6, 6.07) is 1.54. The Bertz CT molecular complexity index is 1140. The molecule has 2 fully saturated rings. The fourth-order valence-electron chi connectivity index (χ4n) is 5.43. The van der Waals surface area contributed by atoms with E-state index < -0.39 is 34.0 Å². The first-order valence-electron chi connectivity index (χ1n) is 14.0. The number of carboxylic acid groups (broad SMARTS) is 1. The molecule has 0 bridgehead atoms. The number of amides is 2. The Balaban J connectivity index is 1.54. The number of carbonyl (C=O) groups is 3. The fraction of sp³-hybridized carbons (Fsp3) is 0.667. The molecule has 1 aromatic rings. The van der Waals surface area contributed by atoms with Gasteiger partial charge < -0.3 is 20.2 Å². The van der Waals surface area contributed by atoms with Crippen molar-refractivity contribution in [2.45, 2.75) is 75.8 Å². The molecule has 0 radical (unpaired) electrons. The van der Waals surface area contributed by atoms with E-state index >= 15 is 0 Å². The molecule has 0 spiro atoms. The Morgan fingerprint density at radius 3 is 2.25 bits per heavy atom. The van der Waals surface area contributed by atoms with Gasteiger partial charge in [0.2, 0.25) is 21.8 Å². The lowest BCUT2D eigenvalue weighted by molar-refractivity contribution is -0.143. The number of aliphatic carboxylic acids is 1. The number of likely N-dealkylation sites (tertiary alicyclic amines) is 1. The van der Waals surface area contributed by atoms with Crippen molar-refractivity contribution in [3.63, 3.8) is 0 Å². The van der Waals surface area contributed by atoms with Crippen LogP contribution in [0.5, 0.6) is 0 Å². The molecule has 2 aliphatic heterocycles. The number of sulfonamides is 1. The van der Waals surface area contributed by atoms with Crippen LogP contribution in [0.3, 0.4) is 0 Å². The summed E-state index contributed by atoms with van der Waals surface area (Å²) in [6.45, 7) is 8.81. The van der Waals surface area contributed by atoms with Gasteiger partial charge in [-0.2, -0.15) is 4.31 Å². The fourth-order valence-corrected chi connectivity index (χ4v) is 7.81. The molecule has 0 aromatic heterocycles. The van der Waals surface area contributed by atoms with E-state index in [4.69, 9.17) is 23.2 Å². The minimum atomic E-state index is -4.10. The number of carbonyl (C=O) groups excluding carboxylic acids is 2. The third kappa shape index (κ3) is 8.55. The number of carboxylic acids is 1. The lowest BCUT2D eigenvalue weighted by Gasteiger charge is -2.33. The number of halogens is 2. The van der Waals surface area contributed by atoms with E-state index in [1.165, 1.54) is 18.2 Å². The Morgan fingerprint density at radius 2 is 1.68 bits per heavy atom. The summed E-state index contributed by atoms with van der Waals surface area (Å²) < 4.78 is 27.6. The van der Waals surface area contributed by atoms with Crippen molar-refractivity contribution < 1.29 is 27.9 Å². The van der Waals surface area contributed by atoms with Crippen LogP contribution in [0.15, 0.2) is 23.1 Å². The normalized spacial score (nSPS) is 19.6. The van der Waals surface area contributed by atoms with Crippen molar-refractivity contribution in [3.8, 4) is 0 Å². The van der Waals surface area contributed by atoms with Crippen molar-refractivity contribution in [3.05, 3.63) is 28.2 Å². The van der Waals surface area contributed by atoms with Gasteiger partial charge in [-0.3, -0.25) is 9.59 Å². The first-order chi connectivity index (χ1) is 19.0. The molecule has 2 heterocycles. The van der Waals surface area contributed by atoms with E-state index in [0.717, 1.165) is 43.2 Å². The van der Waals surface area contributed by atoms with E-state index in [0.29, 0.717) is 25.4 Å². The minimum Gasteiger partial charge on any atom is -0.480 e. The summed E-state index contributed by atoms with van der Waals surface area (Å²) in [4.78, 5) is 41.9. The molecule has 2 aliphatic rings. The van der Waals surface area contributed by atoms with Crippen molar-refractivity contribution in [2.75, 3.05) is 39.3 Å². The van der Waals surface area contributed by atoms with Crippen LogP contribution in [-0.2, 0) is 24.4 Å². The third-order valence-electron chi connectivity index (χ3n) is 7.93. The van der Waals surface area contributed by atoms with E-state index in [1.807, 2.05) is 0 Å². The van der Waals surface area contributed by atoms with E-state index in [1.54, 1.807) is 4.90 Å². The number of piperidine rings is 1. The molecule has 0 aliphatic carbocycles. The highest BCUT2D eigenvalue weighted by molar-refractivity contribution is 7.89. The maximum Gasteiger partial charge on any atom is 0.326 e. The highest BCUT2D eigenvalue weighted by Gasteiger charge is 2.41. The SMILES string of the molecule is CCN(CC)CCC1CCN(C(=O)CC[C@H](NC(=O)[C@H]2CCCN2S(=O)(=O)c2cc(Cl)cc(Cl)c2)C(=O)O)CC1. The van der Waals surface area contributed by atoms with Gasteiger partial charge in [-0.05, 0) is 82.3 Å². The highest BCUT2D eigenvalue weighted by atomic mass is 35.5. The number of nitrogens with one attached hydrogen (secondary N) is 1. The third-order valence-corrected chi connectivity index (χ3v) is 10.2. The van der Waals surface area contributed by atoms with Crippen LogP contribution >= 0.6 is 23.2 Å². The summed E-state index contributed by atoms with van der Waals surface area (Å²) in [5.74, 6) is -1.54. The van der Waals surface area contributed by atoms with Crippen molar-refractivity contribution >= 4 is 51.0 Å². The van der Waals surface area contributed by atoms with Gasteiger partial charge in [-0.15, -0.1) is 0 Å². The van der Waals surface area contributed by atoms with Gasteiger partial charge in [0.15, 0.2) is 0 Å².